The summed E-state index contributed by atoms with van der Waals surface area (Å²) < 4.78 is 6.84. The molecule has 0 aromatic heterocycles. The summed E-state index contributed by atoms with van der Waals surface area (Å²) in [5, 5.41) is 10.1. The van der Waals surface area contributed by atoms with Gasteiger partial charge in [-0.1, -0.05) is 26.0 Å². The van der Waals surface area contributed by atoms with Crippen molar-refractivity contribution >= 4 is 17.7 Å². The average molecular weight is 504 g/mol. The van der Waals surface area contributed by atoms with E-state index >= 15 is 0 Å². The van der Waals surface area contributed by atoms with Crippen molar-refractivity contribution in [1.82, 2.24) is 14.7 Å². The van der Waals surface area contributed by atoms with E-state index in [0.29, 0.717) is 38.9 Å². The lowest BCUT2D eigenvalue weighted by Crippen LogP contribution is -2.61. The highest BCUT2D eigenvalue weighted by atomic mass is 16.5. The van der Waals surface area contributed by atoms with E-state index in [1.165, 1.54) is 4.90 Å². The molecule has 0 saturated carbocycles. The second-order valence-electron chi connectivity index (χ2n) is 11.6. The Morgan fingerprint density at radius 1 is 1.19 bits per heavy atom. The van der Waals surface area contributed by atoms with Crippen LogP contribution in [-0.2, 0) is 19.1 Å². The van der Waals surface area contributed by atoms with Crippen LogP contribution >= 0.6 is 0 Å². The molecule has 3 saturated heterocycles. The van der Waals surface area contributed by atoms with Crippen LogP contribution in [0.25, 0.3) is 0 Å². The molecule has 202 valence electrons. The van der Waals surface area contributed by atoms with Crippen molar-refractivity contribution in [2.75, 3.05) is 26.2 Å². The van der Waals surface area contributed by atoms with E-state index in [-0.39, 0.29) is 24.3 Å². The molecule has 3 fully saturated rings. The quantitative estimate of drug-likeness (QED) is 0.438. The molecule has 0 aromatic carbocycles. The summed E-state index contributed by atoms with van der Waals surface area (Å²) in [7, 11) is 0. The number of hydrogen-bond acceptors (Lipinski definition) is 5. The van der Waals surface area contributed by atoms with Gasteiger partial charge in [0.2, 0.25) is 17.7 Å². The summed E-state index contributed by atoms with van der Waals surface area (Å²) in [6, 6.07) is -1.51. The van der Waals surface area contributed by atoms with Crippen LogP contribution in [0.4, 0.5) is 0 Å². The van der Waals surface area contributed by atoms with Crippen molar-refractivity contribution in [1.29, 1.82) is 0 Å². The van der Waals surface area contributed by atoms with E-state index in [1.54, 1.807) is 28.9 Å². The average Bonchev–Trinajstić information content (AvgIpc) is 3.44. The smallest absolute Gasteiger partial charge is 0.249 e. The molecule has 1 spiro atoms. The van der Waals surface area contributed by atoms with Gasteiger partial charge in [0.15, 0.2) is 0 Å². The van der Waals surface area contributed by atoms with Gasteiger partial charge in [-0.25, -0.2) is 0 Å². The number of aliphatic hydroxyl groups is 1. The number of carbonyl (C=O) groups excluding carboxylic acids is 3. The van der Waals surface area contributed by atoms with Gasteiger partial charge in [0.25, 0.3) is 0 Å². The number of amides is 3. The van der Waals surface area contributed by atoms with Crippen LogP contribution in [0.2, 0.25) is 0 Å². The predicted octanol–water partition coefficient (Wildman–Crippen LogP) is 2.76. The standard InChI is InChI=1S/C28H45N3O5/c1-9-15-29(16-10-2)23(33)20-21-24(34)31(19(5)18-32)22(25(35)30(17-11-3)26(6,7)8)28(21)14-13-27(20,12-4)36-28/h9,11,19-22,32H,1,3,10,12-18H2,2,4-8H3/t19-,20-,21+,22?,27+,28?/m1/s1. The second-order valence-corrected chi connectivity index (χ2v) is 11.6. The summed E-state index contributed by atoms with van der Waals surface area (Å²) in [6.07, 6.45) is 5.88. The van der Waals surface area contributed by atoms with E-state index in [4.69, 9.17) is 4.74 Å². The Balaban J connectivity index is 2.17. The van der Waals surface area contributed by atoms with Gasteiger partial charge in [-0.2, -0.15) is 0 Å². The van der Waals surface area contributed by atoms with Gasteiger partial charge in [0, 0.05) is 25.2 Å². The Hall–Kier alpha value is -2.19. The third-order valence-electron chi connectivity index (χ3n) is 8.40. The maximum atomic E-state index is 14.3. The Bertz CT molecular complexity index is 898. The van der Waals surface area contributed by atoms with E-state index in [1.807, 2.05) is 34.6 Å². The van der Waals surface area contributed by atoms with Crippen LogP contribution < -0.4 is 0 Å². The van der Waals surface area contributed by atoms with Gasteiger partial charge >= 0.3 is 0 Å². The first kappa shape index (κ1) is 28.4. The van der Waals surface area contributed by atoms with Crippen LogP contribution in [0.15, 0.2) is 25.3 Å². The number of ether oxygens (including phenoxy) is 1. The van der Waals surface area contributed by atoms with Crippen molar-refractivity contribution < 1.29 is 24.2 Å². The minimum Gasteiger partial charge on any atom is -0.394 e. The molecule has 3 aliphatic heterocycles. The molecular formula is C28H45N3O5. The van der Waals surface area contributed by atoms with Gasteiger partial charge in [0.05, 0.1) is 30.1 Å². The van der Waals surface area contributed by atoms with Crippen molar-refractivity contribution in [2.45, 2.75) is 96.1 Å². The van der Waals surface area contributed by atoms with Gasteiger partial charge in [0.1, 0.15) is 11.6 Å². The summed E-state index contributed by atoms with van der Waals surface area (Å²) in [5.74, 6) is -2.05. The number of carbonyl (C=O) groups is 3. The highest BCUT2D eigenvalue weighted by molar-refractivity contribution is 5.99. The van der Waals surface area contributed by atoms with Crippen molar-refractivity contribution in [3.63, 3.8) is 0 Å². The number of fused-ring (bicyclic) bond motifs is 1. The minimum absolute atomic E-state index is 0.109. The van der Waals surface area contributed by atoms with Gasteiger partial charge < -0.3 is 24.5 Å². The molecule has 3 rings (SSSR count). The molecule has 8 nitrogen and oxygen atoms in total. The lowest BCUT2D eigenvalue weighted by molar-refractivity contribution is -0.159. The molecule has 6 atom stereocenters. The first-order chi connectivity index (χ1) is 16.9. The molecule has 0 aliphatic carbocycles. The lowest BCUT2D eigenvalue weighted by atomic mass is 9.64. The summed E-state index contributed by atoms with van der Waals surface area (Å²) in [6.45, 7) is 20.2. The fourth-order valence-corrected chi connectivity index (χ4v) is 6.76. The minimum atomic E-state index is -1.11. The molecular weight excluding hydrogens is 458 g/mol. The molecule has 36 heavy (non-hydrogen) atoms. The van der Waals surface area contributed by atoms with E-state index < -0.39 is 40.7 Å². The first-order valence-corrected chi connectivity index (χ1v) is 13.4. The fourth-order valence-electron chi connectivity index (χ4n) is 6.76. The number of rotatable bonds is 11. The molecule has 2 bridgehead atoms. The summed E-state index contributed by atoms with van der Waals surface area (Å²) in [5.41, 5.74) is -2.42. The summed E-state index contributed by atoms with van der Waals surface area (Å²) >= 11 is 0. The zero-order valence-electron chi connectivity index (χ0n) is 23.0. The van der Waals surface area contributed by atoms with Crippen LogP contribution in [0.1, 0.15) is 67.2 Å². The van der Waals surface area contributed by atoms with Crippen LogP contribution in [0.3, 0.4) is 0 Å². The zero-order chi connectivity index (χ0) is 27.1. The summed E-state index contributed by atoms with van der Waals surface area (Å²) in [4.78, 5) is 47.5. The molecule has 1 N–H and O–H groups in total. The molecule has 2 unspecified atom stereocenters. The van der Waals surface area contributed by atoms with E-state index in [2.05, 4.69) is 13.2 Å². The molecule has 3 aliphatic rings. The second kappa shape index (κ2) is 10.3. The Kier molecular flexibility index (Phi) is 8.11. The maximum absolute atomic E-state index is 14.3. The normalized spacial score (nSPS) is 31.8. The maximum Gasteiger partial charge on any atom is 0.249 e. The zero-order valence-corrected chi connectivity index (χ0v) is 23.0. The third kappa shape index (κ3) is 4.20. The lowest BCUT2D eigenvalue weighted by Gasteiger charge is -2.43. The highest BCUT2D eigenvalue weighted by Gasteiger charge is 2.79. The van der Waals surface area contributed by atoms with E-state index in [9.17, 15) is 19.5 Å². The third-order valence-corrected chi connectivity index (χ3v) is 8.40. The van der Waals surface area contributed by atoms with Crippen LogP contribution in [-0.4, -0.2) is 92.6 Å². The number of nitrogens with zero attached hydrogens (tertiary/aromatic N) is 3. The van der Waals surface area contributed by atoms with Gasteiger partial charge in [-0.05, 0) is 53.4 Å². The Morgan fingerprint density at radius 3 is 2.33 bits per heavy atom. The largest absolute Gasteiger partial charge is 0.394 e. The number of hydrogen-bond donors (Lipinski definition) is 1. The van der Waals surface area contributed by atoms with Gasteiger partial charge in [-0.15, -0.1) is 13.2 Å². The highest BCUT2D eigenvalue weighted by Crippen LogP contribution is 2.65. The predicted molar refractivity (Wildman–Crippen MR) is 139 cm³/mol. The van der Waals surface area contributed by atoms with Crippen LogP contribution in [0.5, 0.6) is 0 Å². The van der Waals surface area contributed by atoms with Gasteiger partial charge in [-0.3, -0.25) is 14.4 Å². The molecule has 3 amide bonds. The topological polar surface area (TPSA) is 90.4 Å². The SMILES string of the molecule is C=CCN(CCC)C(=O)[C@H]1[C@H]2C(=O)N([C@H](C)CO)C(C(=O)N(CC=C)C(C)(C)C)C23CC[C@]1(CC)O3. The Morgan fingerprint density at radius 2 is 1.83 bits per heavy atom. The Labute approximate surface area is 216 Å². The van der Waals surface area contributed by atoms with Crippen molar-refractivity contribution in [3.05, 3.63) is 25.3 Å². The van der Waals surface area contributed by atoms with Crippen molar-refractivity contribution in [2.24, 2.45) is 11.8 Å². The first-order valence-electron chi connectivity index (χ1n) is 13.4. The molecule has 3 heterocycles. The van der Waals surface area contributed by atoms with Crippen LogP contribution in [0, 0.1) is 11.8 Å². The monoisotopic (exact) mass is 503 g/mol. The molecule has 8 heteroatoms. The molecule has 0 radical (unpaired) electrons. The number of likely N-dealkylation sites (tertiary alicyclic amines) is 1. The van der Waals surface area contributed by atoms with Crippen molar-refractivity contribution in [3.8, 4) is 0 Å². The van der Waals surface area contributed by atoms with E-state index in [0.717, 1.165) is 6.42 Å². The fraction of sp³-hybridized carbons (Fsp3) is 0.750. The molecule has 0 aromatic rings. The number of aliphatic hydroxyl groups excluding tert-OH is 1.